The lowest BCUT2D eigenvalue weighted by Gasteiger charge is -2.20. The lowest BCUT2D eigenvalue weighted by atomic mass is 10.1. The highest BCUT2D eigenvalue weighted by atomic mass is 32.3. The Morgan fingerprint density at radius 2 is 1.74 bits per heavy atom. The van der Waals surface area contributed by atoms with Crippen LogP contribution in [0.15, 0.2) is 48.5 Å². The van der Waals surface area contributed by atoms with E-state index in [4.69, 9.17) is 21.3 Å². The van der Waals surface area contributed by atoms with Crippen molar-refractivity contribution < 1.29 is 40.9 Å². The number of unbranched alkanes of at least 4 members (excludes halogenated alkanes) is 1. The SMILES string of the molecule is CS(=O)(=O)N(c1ccc([N+](=O)[O-])cc1Oc1ccccc1)S(=O)(=O)O.NCCCCC(N)C(=O)O. The van der Waals surface area contributed by atoms with Crippen molar-refractivity contribution in [2.75, 3.05) is 16.5 Å². The van der Waals surface area contributed by atoms with Gasteiger partial charge in [-0.3, -0.25) is 19.5 Å². The Labute approximate surface area is 202 Å². The van der Waals surface area contributed by atoms with Crippen LogP contribution in [0.3, 0.4) is 0 Å². The van der Waals surface area contributed by atoms with E-state index in [0.29, 0.717) is 19.2 Å². The molecule has 0 spiro atoms. The van der Waals surface area contributed by atoms with Gasteiger partial charge in [-0.15, -0.1) is 3.71 Å². The third-order valence-electron chi connectivity index (χ3n) is 4.12. The Balaban J connectivity index is 0.000000518. The summed E-state index contributed by atoms with van der Waals surface area (Å²) < 4.78 is 61.0. The van der Waals surface area contributed by atoms with Crippen LogP contribution in [0.2, 0.25) is 0 Å². The van der Waals surface area contributed by atoms with Gasteiger partial charge in [0, 0.05) is 6.07 Å². The van der Waals surface area contributed by atoms with E-state index in [-0.39, 0.29) is 9.46 Å². The van der Waals surface area contributed by atoms with Crippen molar-refractivity contribution in [3.05, 3.63) is 58.6 Å². The molecular formula is C19H26N4O10S2. The molecule has 1 unspecified atom stereocenters. The van der Waals surface area contributed by atoms with E-state index in [1.807, 2.05) is 0 Å². The number of nitro benzene ring substituents is 1. The Morgan fingerprint density at radius 1 is 1.14 bits per heavy atom. The lowest BCUT2D eigenvalue weighted by molar-refractivity contribution is -0.384. The van der Waals surface area contributed by atoms with Gasteiger partial charge >= 0.3 is 16.3 Å². The second kappa shape index (κ2) is 13.0. The number of benzene rings is 2. The number of rotatable bonds is 11. The molecule has 0 radical (unpaired) electrons. The van der Waals surface area contributed by atoms with Crippen LogP contribution in [0.5, 0.6) is 11.5 Å². The van der Waals surface area contributed by atoms with E-state index in [1.165, 1.54) is 12.1 Å². The Kier molecular flexibility index (Phi) is 11.0. The normalized spacial score (nSPS) is 12.1. The highest BCUT2D eigenvalue weighted by Crippen LogP contribution is 2.37. The molecule has 0 aliphatic carbocycles. The Morgan fingerprint density at radius 3 is 2.20 bits per heavy atom. The van der Waals surface area contributed by atoms with Gasteiger partial charge in [-0.25, -0.2) is 8.42 Å². The first-order chi connectivity index (χ1) is 16.2. The van der Waals surface area contributed by atoms with Gasteiger partial charge in [0.05, 0.1) is 17.2 Å². The maximum atomic E-state index is 11.8. The summed E-state index contributed by atoms with van der Waals surface area (Å²) in [6.07, 6.45) is 2.71. The zero-order valence-corrected chi connectivity index (χ0v) is 20.2. The third-order valence-corrected chi connectivity index (χ3v) is 6.91. The van der Waals surface area contributed by atoms with E-state index in [9.17, 15) is 36.3 Å². The van der Waals surface area contributed by atoms with Crippen molar-refractivity contribution in [3.8, 4) is 11.5 Å². The van der Waals surface area contributed by atoms with E-state index >= 15 is 0 Å². The number of nitrogens with two attached hydrogens (primary N) is 2. The second-order valence-electron chi connectivity index (χ2n) is 6.99. The first-order valence-corrected chi connectivity index (χ1v) is 13.1. The number of hydrogen-bond donors (Lipinski definition) is 4. The fraction of sp³-hybridized carbons (Fsp3) is 0.316. The maximum Gasteiger partial charge on any atom is 0.373 e. The molecular weight excluding hydrogens is 508 g/mol. The fourth-order valence-electron chi connectivity index (χ4n) is 2.57. The van der Waals surface area contributed by atoms with Crippen LogP contribution in [0.4, 0.5) is 11.4 Å². The van der Waals surface area contributed by atoms with Crippen LogP contribution in [-0.4, -0.2) is 56.2 Å². The first kappa shape index (κ1) is 29.7. The number of non-ortho nitro benzene ring substituents is 1. The summed E-state index contributed by atoms with van der Waals surface area (Å²) in [4.78, 5) is 20.3. The van der Waals surface area contributed by atoms with E-state index in [1.54, 1.807) is 18.2 Å². The molecule has 0 fully saturated rings. The van der Waals surface area contributed by atoms with Crippen LogP contribution >= 0.6 is 0 Å². The summed E-state index contributed by atoms with van der Waals surface area (Å²) in [5, 5.41) is 19.3. The molecule has 0 heterocycles. The van der Waals surface area contributed by atoms with Gasteiger partial charge in [0.2, 0.25) is 10.0 Å². The maximum absolute atomic E-state index is 11.8. The van der Waals surface area contributed by atoms with Crippen molar-refractivity contribution in [2.24, 2.45) is 11.5 Å². The second-order valence-corrected chi connectivity index (χ2v) is 10.3. The number of ether oxygens (including phenoxy) is 1. The van der Waals surface area contributed by atoms with Crippen molar-refractivity contribution in [1.82, 2.24) is 0 Å². The van der Waals surface area contributed by atoms with Crippen molar-refractivity contribution in [1.29, 1.82) is 0 Å². The molecule has 0 saturated heterocycles. The Bertz CT molecular complexity index is 1190. The number of sulfonamides is 1. The summed E-state index contributed by atoms with van der Waals surface area (Å²) in [7, 11) is -9.71. The standard InChI is InChI=1S/C13H12N2O8S2.C6H14N2O2/c1-24(18,19)15(25(20,21)22)12-8-7-10(14(16)17)9-13(12)23-11-5-3-2-4-6-11;7-4-2-1-3-5(8)6(9)10/h2-9H,1H3,(H,20,21,22);5H,1-4,7-8H2,(H,9,10). The average Bonchev–Trinajstić information content (AvgIpc) is 2.74. The molecule has 2 aromatic carbocycles. The summed E-state index contributed by atoms with van der Waals surface area (Å²) in [6.45, 7) is 0.604. The molecule has 0 aromatic heterocycles. The zero-order valence-electron chi connectivity index (χ0n) is 18.6. The van der Waals surface area contributed by atoms with Gasteiger partial charge < -0.3 is 21.3 Å². The molecule has 2 rings (SSSR count). The van der Waals surface area contributed by atoms with E-state index in [0.717, 1.165) is 31.0 Å². The van der Waals surface area contributed by atoms with Gasteiger partial charge in [-0.1, -0.05) is 24.6 Å². The third kappa shape index (κ3) is 9.83. The minimum Gasteiger partial charge on any atom is -0.480 e. The smallest absolute Gasteiger partial charge is 0.373 e. The monoisotopic (exact) mass is 534 g/mol. The Hall–Kier alpha value is -3.31. The highest BCUT2D eigenvalue weighted by molar-refractivity contribution is 8.07. The molecule has 0 bridgehead atoms. The number of para-hydroxylation sites is 1. The van der Waals surface area contributed by atoms with Gasteiger partial charge in [0.25, 0.3) is 5.69 Å². The summed E-state index contributed by atoms with van der Waals surface area (Å²) in [5.41, 5.74) is 9.36. The molecule has 1 atom stereocenters. The molecule has 6 N–H and O–H groups in total. The molecule has 0 aliphatic rings. The average molecular weight is 535 g/mol. The first-order valence-electron chi connectivity index (χ1n) is 9.86. The molecule has 14 nitrogen and oxygen atoms in total. The number of anilines is 1. The number of carboxylic acid groups (broad SMARTS) is 1. The van der Waals surface area contributed by atoms with Crippen molar-refractivity contribution in [2.45, 2.75) is 25.3 Å². The summed E-state index contributed by atoms with van der Waals surface area (Å²) in [5.74, 6) is -1.20. The van der Waals surface area contributed by atoms with E-state index < -0.39 is 54.4 Å². The van der Waals surface area contributed by atoms with E-state index in [2.05, 4.69) is 0 Å². The minimum atomic E-state index is -5.23. The number of carbonyl (C=O) groups is 1. The molecule has 194 valence electrons. The van der Waals surface area contributed by atoms with Crippen LogP contribution in [0, 0.1) is 10.1 Å². The number of hydrogen-bond acceptors (Lipinski definition) is 10. The molecule has 0 amide bonds. The number of nitro groups is 1. The summed E-state index contributed by atoms with van der Waals surface area (Å²) in [6, 6.07) is 9.66. The predicted octanol–water partition coefficient (Wildman–Crippen LogP) is 1.48. The predicted molar refractivity (Wildman–Crippen MR) is 127 cm³/mol. The van der Waals surface area contributed by atoms with Gasteiger partial charge in [0.1, 0.15) is 17.5 Å². The topological polar surface area (TPSA) is 233 Å². The van der Waals surface area contributed by atoms with Gasteiger partial charge in [-0.05, 0) is 37.6 Å². The molecule has 0 aliphatic heterocycles. The zero-order chi connectivity index (χ0) is 26.8. The number of nitrogens with zero attached hydrogens (tertiary/aromatic N) is 2. The minimum absolute atomic E-state index is 0.174. The quantitative estimate of drug-likeness (QED) is 0.139. The van der Waals surface area contributed by atoms with Crippen molar-refractivity contribution in [3.63, 3.8) is 0 Å². The van der Waals surface area contributed by atoms with Crippen LogP contribution in [-0.2, 0) is 25.1 Å². The van der Waals surface area contributed by atoms with Gasteiger partial charge in [-0.2, -0.15) is 8.42 Å². The summed E-state index contributed by atoms with van der Waals surface area (Å²) >= 11 is 0. The molecule has 2 aromatic rings. The van der Waals surface area contributed by atoms with Crippen LogP contribution in [0.25, 0.3) is 0 Å². The van der Waals surface area contributed by atoms with Crippen LogP contribution in [0.1, 0.15) is 19.3 Å². The fourth-order valence-corrected chi connectivity index (χ4v) is 4.85. The number of aliphatic carboxylic acids is 1. The number of carboxylic acids is 1. The lowest BCUT2D eigenvalue weighted by Crippen LogP contribution is -2.35. The molecule has 0 saturated carbocycles. The molecule has 35 heavy (non-hydrogen) atoms. The van der Waals surface area contributed by atoms with Gasteiger partial charge in [0.15, 0.2) is 5.75 Å². The highest BCUT2D eigenvalue weighted by Gasteiger charge is 2.33. The molecule has 16 heteroatoms. The largest absolute Gasteiger partial charge is 0.480 e. The van der Waals surface area contributed by atoms with Crippen LogP contribution < -0.4 is 19.9 Å². The van der Waals surface area contributed by atoms with Crippen molar-refractivity contribution >= 4 is 37.7 Å².